The number of nitrogens with zero attached hydrogens (tertiary/aromatic N) is 1. The molecule has 9 heteroatoms. The van der Waals surface area contributed by atoms with Gasteiger partial charge in [0.25, 0.3) is 5.91 Å². The fraction of sp³-hybridized carbons (Fsp3) is 0.0476. The second-order valence-electron chi connectivity index (χ2n) is 6.43. The average Bonchev–Trinajstić information content (AvgIpc) is 3.18. The lowest BCUT2D eigenvalue weighted by molar-refractivity contribution is 0.0955. The van der Waals surface area contributed by atoms with Gasteiger partial charge in [0.15, 0.2) is 0 Å². The van der Waals surface area contributed by atoms with Crippen LogP contribution >= 0.6 is 22.9 Å². The van der Waals surface area contributed by atoms with E-state index in [-0.39, 0.29) is 27.3 Å². The molecular formula is C21H14ClFN2O3S2. The Morgan fingerprint density at radius 3 is 2.50 bits per heavy atom. The van der Waals surface area contributed by atoms with E-state index < -0.39 is 15.7 Å². The van der Waals surface area contributed by atoms with Crippen molar-refractivity contribution >= 4 is 48.8 Å². The third-order valence-corrected chi connectivity index (χ3v) is 7.59. The molecule has 4 aromatic rings. The summed E-state index contributed by atoms with van der Waals surface area (Å²) in [5.41, 5.74) is 0.729. The number of benzene rings is 2. The van der Waals surface area contributed by atoms with Gasteiger partial charge in [-0.15, -0.1) is 11.3 Å². The first-order valence-corrected chi connectivity index (χ1v) is 11.4. The number of pyridine rings is 1. The summed E-state index contributed by atoms with van der Waals surface area (Å²) in [4.78, 5) is 16.9. The Hall–Kier alpha value is -2.81. The van der Waals surface area contributed by atoms with Gasteiger partial charge in [0.05, 0.1) is 24.4 Å². The van der Waals surface area contributed by atoms with Crippen molar-refractivity contribution in [1.29, 1.82) is 0 Å². The molecule has 0 radical (unpaired) electrons. The maximum Gasteiger partial charge on any atom is 0.261 e. The third-order valence-electron chi connectivity index (χ3n) is 4.43. The fourth-order valence-electron chi connectivity index (χ4n) is 2.83. The molecule has 0 saturated carbocycles. The molecule has 0 bridgehead atoms. The van der Waals surface area contributed by atoms with Crippen LogP contribution in [-0.4, -0.2) is 19.3 Å². The largest absolute Gasteiger partial charge is 0.347 e. The van der Waals surface area contributed by atoms with Gasteiger partial charge < -0.3 is 5.32 Å². The smallest absolute Gasteiger partial charge is 0.261 e. The normalized spacial score (nSPS) is 11.5. The maximum atomic E-state index is 13.6. The van der Waals surface area contributed by atoms with Crippen LogP contribution < -0.4 is 5.32 Å². The number of aromatic nitrogens is 1. The van der Waals surface area contributed by atoms with Crippen molar-refractivity contribution in [2.24, 2.45) is 0 Å². The van der Waals surface area contributed by atoms with Crippen LogP contribution in [0.3, 0.4) is 0 Å². The molecule has 2 aromatic heterocycles. The monoisotopic (exact) mass is 460 g/mol. The van der Waals surface area contributed by atoms with E-state index in [9.17, 15) is 17.6 Å². The molecule has 0 spiro atoms. The van der Waals surface area contributed by atoms with E-state index >= 15 is 0 Å². The number of carbonyl (C=O) groups excluding carboxylic acids is 1. The van der Waals surface area contributed by atoms with E-state index in [1.165, 1.54) is 35.6 Å². The number of amides is 1. The van der Waals surface area contributed by atoms with Crippen molar-refractivity contribution in [3.63, 3.8) is 0 Å². The highest BCUT2D eigenvalue weighted by Gasteiger charge is 2.19. The van der Waals surface area contributed by atoms with E-state index in [1.54, 1.807) is 30.6 Å². The number of carbonyl (C=O) groups is 1. The minimum absolute atomic E-state index is 0.0244. The van der Waals surface area contributed by atoms with Gasteiger partial charge in [0.2, 0.25) is 9.84 Å². The Balaban J connectivity index is 1.46. The van der Waals surface area contributed by atoms with E-state index in [4.69, 9.17) is 11.6 Å². The molecule has 0 aliphatic rings. The molecule has 152 valence electrons. The Kier molecular flexibility index (Phi) is 5.55. The number of halogens is 2. The summed E-state index contributed by atoms with van der Waals surface area (Å²) in [6.07, 6.45) is 3.38. The molecule has 5 nitrogen and oxygen atoms in total. The zero-order chi connectivity index (χ0) is 21.3. The molecule has 0 aliphatic carbocycles. The number of sulfone groups is 1. The van der Waals surface area contributed by atoms with Gasteiger partial charge in [-0.1, -0.05) is 23.7 Å². The molecule has 0 atom stereocenters. The summed E-state index contributed by atoms with van der Waals surface area (Å²) < 4.78 is 39.9. The van der Waals surface area contributed by atoms with Crippen LogP contribution in [0.2, 0.25) is 5.02 Å². The zero-order valence-corrected chi connectivity index (χ0v) is 17.7. The Morgan fingerprint density at radius 2 is 1.80 bits per heavy atom. The number of rotatable bonds is 5. The van der Waals surface area contributed by atoms with Gasteiger partial charge in [-0.05, 0) is 53.4 Å². The van der Waals surface area contributed by atoms with Crippen LogP contribution in [0, 0.1) is 5.82 Å². The first-order valence-electron chi connectivity index (χ1n) is 8.75. The standard InChI is InChI=1S/C21H14ClFN2O3S2/c22-17-6-5-16(10-18(17)23)30(27,28)15-3-1-13(2-4-15)11-25-21(26)19-9-14-7-8-24-12-20(14)29-19/h1-10,12H,11H2,(H,25,26). The molecule has 30 heavy (non-hydrogen) atoms. The van der Waals surface area contributed by atoms with Crippen LogP contribution in [0.1, 0.15) is 15.2 Å². The van der Waals surface area contributed by atoms with Crippen molar-refractivity contribution in [2.45, 2.75) is 16.3 Å². The first-order chi connectivity index (χ1) is 14.3. The van der Waals surface area contributed by atoms with Crippen LogP contribution in [0.25, 0.3) is 10.1 Å². The minimum atomic E-state index is -3.87. The van der Waals surface area contributed by atoms with Gasteiger partial charge in [0, 0.05) is 18.9 Å². The molecule has 1 amide bonds. The quantitative estimate of drug-likeness (QED) is 0.462. The molecule has 1 N–H and O–H groups in total. The molecule has 0 saturated heterocycles. The summed E-state index contributed by atoms with van der Waals surface area (Å²) in [6, 6.07) is 13.1. The molecule has 4 rings (SSSR count). The molecule has 2 aromatic carbocycles. The fourth-order valence-corrected chi connectivity index (χ4v) is 5.17. The highest BCUT2D eigenvalue weighted by molar-refractivity contribution is 7.91. The number of nitrogens with one attached hydrogen (secondary N) is 1. The van der Waals surface area contributed by atoms with Crippen LogP contribution in [0.5, 0.6) is 0 Å². The summed E-state index contributed by atoms with van der Waals surface area (Å²) in [6.45, 7) is 0.237. The predicted octanol–water partition coefficient (Wildman–Crippen LogP) is 4.85. The molecular weight excluding hydrogens is 447 g/mol. The van der Waals surface area contributed by atoms with Gasteiger partial charge in [-0.25, -0.2) is 12.8 Å². The topological polar surface area (TPSA) is 76.1 Å². The molecule has 0 aliphatic heterocycles. The average molecular weight is 461 g/mol. The second kappa shape index (κ2) is 8.14. The van der Waals surface area contributed by atoms with E-state index in [1.807, 2.05) is 6.07 Å². The lowest BCUT2D eigenvalue weighted by Gasteiger charge is -2.08. The summed E-state index contributed by atoms with van der Waals surface area (Å²) in [7, 11) is -3.87. The SMILES string of the molecule is O=C(NCc1ccc(S(=O)(=O)c2ccc(Cl)c(F)c2)cc1)c1cc2ccncc2s1. The summed E-state index contributed by atoms with van der Waals surface area (Å²) >= 11 is 6.97. The van der Waals surface area contributed by atoms with Crippen molar-refractivity contribution in [3.8, 4) is 0 Å². The van der Waals surface area contributed by atoms with Crippen molar-refractivity contribution in [3.05, 3.63) is 88.3 Å². The molecule has 0 fully saturated rings. The minimum Gasteiger partial charge on any atom is -0.347 e. The van der Waals surface area contributed by atoms with Crippen LogP contribution in [0.4, 0.5) is 4.39 Å². The summed E-state index contributed by atoms with van der Waals surface area (Å²) in [5.74, 6) is -1.02. The second-order valence-corrected chi connectivity index (χ2v) is 9.87. The molecule has 2 heterocycles. The first kappa shape index (κ1) is 20.5. The Bertz CT molecular complexity index is 1320. The Labute approximate surface area is 181 Å². The third kappa shape index (κ3) is 4.07. The Morgan fingerprint density at radius 1 is 1.07 bits per heavy atom. The van der Waals surface area contributed by atoms with Gasteiger partial charge >= 0.3 is 0 Å². The van der Waals surface area contributed by atoms with E-state index in [2.05, 4.69) is 10.3 Å². The number of hydrogen-bond acceptors (Lipinski definition) is 5. The lowest BCUT2D eigenvalue weighted by Crippen LogP contribution is -2.21. The van der Waals surface area contributed by atoms with E-state index in [0.29, 0.717) is 4.88 Å². The number of thiophene rings is 1. The lowest BCUT2D eigenvalue weighted by atomic mass is 10.2. The maximum absolute atomic E-state index is 13.6. The zero-order valence-electron chi connectivity index (χ0n) is 15.3. The summed E-state index contributed by atoms with van der Waals surface area (Å²) in [5, 5.41) is 3.63. The van der Waals surface area contributed by atoms with Gasteiger partial charge in [0.1, 0.15) is 5.82 Å². The number of fused-ring (bicyclic) bond motifs is 1. The van der Waals surface area contributed by atoms with Gasteiger partial charge in [-0.2, -0.15) is 0 Å². The van der Waals surface area contributed by atoms with Crippen molar-refractivity contribution in [2.75, 3.05) is 0 Å². The highest BCUT2D eigenvalue weighted by atomic mass is 35.5. The van der Waals surface area contributed by atoms with Crippen molar-refractivity contribution in [1.82, 2.24) is 10.3 Å². The highest BCUT2D eigenvalue weighted by Crippen LogP contribution is 2.26. The molecule has 0 unspecified atom stereocenters. The van der Waals surface area contributed by atoms with Crippen LogP contribution in [0.15, 0.2) is 76.8 Å². The van der Waals surface area contributed by atoms with Crippen LogP contribution in [-0.2, 0) is 16.4 Å². The predicted molar refractivity (Wildman–Crippen MR) is 114 cm³/mol. The van der Waals surface area contributed by atoms with Crippen molar-refractivity contribution < 1.29 is 17.6 Å². The number of hydrogen-bond donors (Lipinski definition) is 1. The van der Waals surface area contributed by atoms with Gasteiger partial charge in [-0.3, -0.25) is 9.78 Å². The van der Waals surface area contributed by atoms with E-state index in [0.717, 1.165) is 21.7 Å².